The van der Waals surface area contributed by atoms with E-state index in [-0.39, 0.29) is 17.1 Å². The largest absolute Gasteiger partial charge is 0.280 e. The standard InChI is InChI=1S/C9H9N5O4S/c1-5-3-2-4-6(14(15)16)7(5)8-11-9(13-12-8)19(10,17)18/h2-4H,1H3,(H2,10,17,18)(H,11,12,13). The monoisotopic (exact) mass is 283 g/mol. The third kappa shape index (κ3) is 2.44. The van der Waals surface area contributed by atoms with Gasteiger partial charge in [0.15, 0.2) is 5.82 Å². The number of nitro groups is 1. The Morgan fingerprint density at radius 3 is 2.63 bits per heavy atom. The highest BCUT2D eigenvalue weighted by molar-refractivity contribution is 7.89. The average molecular weight is 283 g/mol. The van der Waals surface area contributed by atoms with Crippen molar-refractivity contribution in [3.05, 3.63) is 33.9 Å². The fourth-order valence-corrected chi connectivity index (χ4v) is 1.97. The Hall–Kier alpha value is -2.33. The maximum Gasteiger partial charge on any atom is 0.280 e. The van der Waals surface area contributed by atoms with Crippen LogP contribution in [0.25, 0.3) is 11.4 Å². The van der Waals surface area contributed by atoms with E-state index in [0.29, 0.717) is 5.56 Å². The topological polar surface area (TPSA) is 145 Å². The first-order chi connectivity index (χ1) is 8.80. The van der Waals surface area contributed by atoms with Gasteiger partial charge in [0.05, 0.1) is 4.92 Å². The number of hydrogen-bond acceptors (Lipinski definition) is 6. The molecule has 0 spiro atoms. The van der Waals surface area contributed by atoms with Crippen molar-refractivity contribution in [2.75, 3.05) is 0 Å². The molecule has 9 nitrogen and oxygen atoms in total. The van der Waals surface area contributed by atoms with Gasteiger partial charge in [0.25, 0.3) is 20.9 Å². The minimum Gasteiger partial charge on any atom is -0.258 e. The van der Waals surface area contributed by atoms with Crippen LogP contribution in [0.5, 0.6) is 0 Å². The number of primary sulfonamides is 1. The first-order valence-electron chi connectivity index (χ1n) is 5.00. The van der Waals surface area contributed by atoms with Crippen LogP contribution in [0.15, 0.2) is 23.4 Å². The number of benzene rings is 1. The number of aryl methyl sites for hydroxylation is 1. The van der Waals surface area contributed by atoms with Crippen molar-refractivity contribution in [1.29, 1.82) is 0 Å². The number of sulfonamides is 1. The summed E-state index contributed by atoms with van der Waals surface area (Å²) in [4.78, 5) is 14.0. The van der Waals surface area contributed by atoms with Crippen LogP contribution in [0.3, 0.4) is 0 Å². The molecule has 2 rings (SSSR count). The number of rotatable bonds is 3. The fraction of sp³-hybridized carbons (Fsp3) is 0.111. The lowest BCUT2D eigenvalue weighted by Crippen LogP contribution is -2.13. The van der Waals surface area contributed by atoms with Crippen molar-refractivity contribution in [3.63, 3.8) is 0 Å². The first kappa shape index (κ1) is 13.1. The van der Waals surface area contributed by atoms with Crippen LogP contribution in [0, 0.1) is 17.0 Å². The Balaban J connectivity index is 2.66. The van der Waals surface area contributed by atoms with E-state index in [2.05, 4.69) is 15.2 Å². The van der Waals surface area contributed by atoms with Crippen LogP contribution in [0.4, 0.5) is 5.69 Å². The fourth-order valence-electron chi connectivity index (χ4n) is 1.58. The molecule has 0 atom stereocenters. The zero-order valence-electron chi connectivity index (χ0n) is 9.69. The van der Waals surface area contributed by atoms with E-state index in [0.717, 1.165) is 0 Å². The van der Waals surface area contributed by atoms with Crippen LogP contribution in [-0.4, -0.2) is 28.5 Å². The molecule has 0 bridgehead atoms. The third-order valence-corrected chi connectivity index (χ3v) is 3.13. The minimum absolute atomic E-state index is 0.0891. The highest BCUT2D eigenvalue weighted by Crippen LogP contribution is 2.30. The summed E-state index contributed by atoms with van der Waals surface area (Å²) < 4.78 is 22.2. The SMILES string of the molecule is Cc1cccc([N+](=O)[O-])c1-c1n[nH]c(S(N)(=O)=O)n1. The van der Waals surface area contributed by atoms with Crippen LogP contribution < -0.4 is 5.14 Å². The summed E-state index contributed by atoms with van der Waals surface area (Å²) in [6.07, 6.45) is 0. The van der Waals surface area contributed by atoms with Crippen LogP contribution in [0.1, 0.15) is 5.56 Å². The number of nitro benzene ring substituents is 1. The van der Waals surface area contributed by atoms with Gasteiger partial charge in [-0.1, -0.05) is 12.1 Å². The maximum atomic E-state index is 11.1. The number of aromatic nitrogens is 3. The highest BCUT2D eigenvalue weighted by Gasteiger charge is 2.23. The third-order valence-electron chi connectivity index (χ3n) is 2.41. The first-order valence-corrected chi connectivity index (χ1v) is 6.55. The maximum absolute atomic E-state index is 11.1. The molecule has 19 heavy (non-hydrogen) atoms. The molecule has 1 heterocycles. The molecule has 0 aliphatic carbocycles. The molecule has 2 aromatic rings. The zero-order valence-corrected chi connectivity index (χ0v) is 10.5. The molecule has 3 N–H and O–H groups in total. The Labute approximate surface area is 107 Å². The molecule has 100 valence electrons. The number of nitrogens with zero attached hydrogens (tertiary/aromatic N) is 3. The van der Waals surface area contributed by atoms with Gasteiger partial charge in [-0.15, -0.1) is 0 Å². The molecular weight excluding hydrogens is 274 g/mol. The summed E-state index contributed by atoms with van der Waals surface area (Å²) >= 11 is 0. The van der Waals surface area contributed by atoms with Gasteiger partial charge in [0.1, 0.15) is 5.56 Å². The molecule has 0 radical (unpaired) electrons. The van der Waals surface area contributed by atoms with E-state index in [1.165, 1.54) is 12.1 Å². The lowest BCUT2D eigenvalue weighted by atomic mass is 10.1. The lowest BCUT2D eigenvalue weighted by Gasteiger charge is -2.01. The number of H-pyrrole nitrogens is 1. The average Bonchev–Trinajstić information content (AvgIpc) is 2.77. The highest BCUT2D eigenvalue weighted by atomic mass is 32.2. The Morgan fingerprint density at radius 2 is 2.11 bits per heavy atom. The van der Waals surface area contributed by atoms with Gasteiger partial charge in [-0.2, -0.15) is 10.1 Å². The van der Waals surface area contributed by atoms with Crippen molar-refractivity contribution in [2.24, 2.45) is 5.14 Å². The van der Waals surface area contributed by atoms with Crippen LogP contribution in [0.2, 0.25) is 0 Å². The zero-order chi connectivity index (χ0) is 14.2. The van der Waals surface area contributed by atoms with E-state index < -0.39 is 20.1 Å². The van der Waals surface area contributed by atoms with Crippen LogP contribution in [-0.2, 0) is 10.0 Å². The number of nitrogens with two attached hydrogens (primary N) is 1. The molecule has 0 saturated heterocycles. The molecule has 0 aliphatic rings. The predicted octanol–water partition coefficient (Wildman–Crippen LogP) is 0.336. The van der Waals surface area contributed by atoms with E-state index in [4.69, 9.17) is 5.14 Å². The normalized spacial score (nSPS) is 11.5. The van der Waals surface area contributed by atoms with Gasteiger partial charge in [-0.3, -0.25) is 10.1 Å². The Kier molecular flexibility index (Phi) is 3.04. The molecule has 1 aromatic carbocycles. The molecule has 0 unspecified atom stereocenters. The summed E-state index contributed by atoms with van der Waals surface area (Å²) in [6, 6.07) is 4.44. The summed E-state index contributed by atoms with van der Waals surface area (Å²) in [5.74, 6) is -0.0891. The lowest BCUT2D eigenvalue weighted by molar-refractivity contribution is -0.384. The molecule has 1 aromatic heterocycles. The summed E-state index contributed by atoms with van der Waals surface area (Å²) in [5.41, 5.74) is 0.493. The van der Waals surface area contributed by atoms with Gasteiger partial charge in [-0.05, 0) is 12.5 Å². The molecule has 0 amide bonds. The second-order valence-corrected chi connectivity index (χ2v) is 5.21. The summed E-state index contributed by atoms with van der Waals surface area (Å²) in [6.45, 7) is 1.63. The predicted molar refractivity (Wildman–Crippen MR) is 64.6 cm³/mol. The van der Waals surface area contributed by atoms with Crippen molar-refractivity contribution in [1.82, 2.24) is 15.2 Å². The van der Waals surface area contributed by atoms with Crippen molar-refractivity contribution in [2.45, 2.75) is 12.1 Å². The van der Waals surface area contributed by atoms with Gasteiger partial charge in [0.2, 0.25) is 0 Å². The van der Waals surface area contributed by atoms with Crippen molar-refractivity contribution >= 4 is 15.7 Å². The van der Waals surface area contributed by atoms with Gasteiger partial charge in [0, 0.05) is 6.07 Å². The Morgan fingerprint density at radius 1 is 1.42 bits per heavy atom. The van der Waals surface area contributed by atoms with E-state index in [1.54, 1.807) is 13.0 Å². The van der Waals surface area contributed by atoms with E-state index in [1.807, 2.05) is 0 Å². The second-order valence-electron chi connectivity index (χ2n) is 3.74. The van der Waals surface area contributed by atoms with Gasteiger partial charge < -0.3 is 0 Å². The smallest absolute Gasteiger partial charge is 0.258 e. The van der Waals surface area contributed by atoms with Gasteiger partial charge >= 0.3 is 0 Å². The summed E-state index contributed by atoms with van der Waals surface area (Å²) in [7, 11) is -4.03. The molecule has 0 fully saturated rings. The molecule has 10 heteroatoms. The van der Waals surface area contributed by atoms with Crippen molar-refractivity contribution < 1.29 is 13.3 Å². The van der Waals surface area contributed by atoms with E-state index in [9.17, 15) is 18.5 Å². The van der Waals surface area contributed by atoms with Crippen LogP contribution >= 0.6 is 0 Å². The molecule has 0 saturated carbocycles. The summed E-state index contributed by atoms with van der Waals surface area (Å²) in [5, 5.41) is 21.1. The Bertz CT molecular complexity index is 752. The minimum atomic E-state index is -4.03. The van der Waals surface area contributed by atoms with Crippen molar-refractivity contribution in [3.8, 4) is 11.4 Å². The molecular formula is C9H9N5O4S. The number of nitrogens with one attached hydrogen (secondary N) is 1. The van der Waals surface area contributed by atoms with Gasteiger partial charge in [-0.25, -0.2) is 18.7 Å². The quantitative estimate of drug-likeness (QED) is 0.613. The number of hydrogen-bond donors (Lipinski definition) is 2. The van der Waals surface area contributed by atoms with E-state index >= 15 is 0 Å². The number of aromatic amines is 1. The second kappa shape index (κ2) is 4.40. The molecule has 0 aliphatic heterocycles.